The number of carbonyl (C=O) groups is 2. The summed E-state index contributed by atoms with van der Waals surface area (Å²) in [5, 5.41) is 0. The third-order valence-corrected chi connectivity index (χ3v) is 10.0. The number of amides is 2. The Bertz CT molecular complexity index is 1460. The molecule has 0 atom stereocenters. The Morgan fingerprint density at radius 3 is 2.35 bits per heavy atom. The van der Waals surface area contributed by atoms with E-state index in [1.165, 1.54) is 0 Å². The Morgan fingerprint density at radius 2 is 1.61 bits per heavy atom. The minimum atomic E-state index is -2.65. The average Bonchev–Trinajstić information content (AvgIpc) is 3.09. The Hall–Kier alpha value is -4.08. The number of ether oxygens (including phenoxy) is 1. The van der Waals surface area contributed by atoms with Gasteiger partial charge in [0.25, 0.3) is 5.91 Å². The fourth-order valence-electron chi connectivity index (χ4n) is 7.12. The summed E-state index contributed by atoms with van der Waals surface area (Å²) in [6.07, 6.45) is 8.46. The van der Waals surface area contributed by atoms with Crippen molar-refractivity contribution in [1.82, 2.24) is 19.8 Å². The lowest BCUT2D eigenvalue weighted by Crippen LogP contribution is -2.48. The van der Waals surface area contributed by atoms with Crippen molar-refractivity contribution < 1.29 is 23.1 Å². The van der Waals surface area contributed by atoms with Crippen LogP contribution in [-0.4, -0.2) is 76.8 Å². The molecule has 46 heavy (non-hydrogen) atoms. The van der Waals surface area contributed by atoms with Crippen LogP contribution in [0.25, 0.3) is 0 Å². The smallest absolute Gasteiger partial charge is 0.257 e. The monoisotopic (exact) mass is 631 g/mol. The fourth-order valence-corrected chi connectivity index (χ4v) is 7.12. The Labute approximate surface area is 269 Å². The van der Waals surface area contributed by atoms with E-state index in [1.807, 2.05) is 64.4 Å². The first kappa shape index (κ1) is 31.9. The highest BCUT2D eigenvalue weighted by atomic mass is 19.3. The lowest BCUT2D eigenvalue weighted by atomic mass is 9.75. The van der Waals surface area contributed by atoms with E-state index in [2.05, 4.69) is 14.9 Å². The number of hydrogen-bond donors (Lipinski definition) is 0. The van der Waals surface area contributed by atoms with Crippen LogP contribution in [0.15, 0.2) is 73.2 Å². The minimum Gasteiger partial charge on any atom is -0.492 e. The number of aromatic nitrogens is 2. The first-order chi connectivity index (χ1) is 22.3. The normalized spacial score (nSPS) is 21.0. The third kappa shape index (κ3) is 7.65. The molecule has 10 heteroatoms. The van der Waals surface area contributed by atoms with E-state index in [9.17, 15) is 18.4 Å². The van der Waals surface area contributed by atoms with Crippen LogP contribution in [-0.2, 0) is 11.3 Å². The van der Waals surface area contributed by atoms with Gasteiger partial charge in [0.2, 0.25) is 11.8 Å². The number of halogens is 2. The summed E-state index contributed by atoms with van der Waals surface area (Å²) in [5.74, 6) is -1.71. The maximum absolute atomic E-state index is 14.2. The summed E-state index contributed by atoms with van der Waals surface area (Å²) in [6.45, 7) is 3.87. The molecule has 244 valence electrons. The van der Waals surface area contributed by atoms with Crippen LogP contribution in [0.1, 0.15) is 67.3 Å². The van der Waals surface area contributed by atoms with Gasteiger partial charge in [-0.25, -0.2) is 13.8 Å². The van der Waals surface area contributed by atoms with Gasteiger partial charge in [0.05, 0.1) is 18.4 Å². The lowest BCUT2D eigenvalue weighted by molar-refractivity contribution is -0.142. The van der Waals surface area contributed by atoms with E-state index in [-0.39, 0.29) is 48.8 Å². The van der Waals surface area contributed by atoms with E-state index in [1.54, 1.807) is 18.6 Å². The van der Waals surface area contributed by atoms with Gasteiger partial charge < -0.3 is 19.4 Å². The van der Waals surface area contributed by atoms with Crippen molar-refractivity contribution in [1.29, 1.82) is 0 Å². The molecule has 1 saturated carbocycles. The van der Waals surface area contributed by atoms with E-state index in [4.69, 9.17) is 4.74 Å². The predicted molar refractivity (Wildman–Crippen MR) is 172 cm³/mol. The van der Waals surface area contributed by atoms with Crippen LogP contribution in [0.2, 0.25) is 0 Å². The molecule has 6 rings (SSSR count). The lowest BCUT2D eigenvalue weighted by Gasteiger charge is -2.43. The molecule has 3 heterocycles. The number of benzene rings is 2. The van der Waals surface area contributed by atoms with Crippen LogP contribution >= 0.6 is 0 Å². The van der Waals surface area contributed by atoms with Gasteiger partial charge in [-0.05, 0) is 56.2 Å². The summed E-state index contributed by atoms with van der Waals surface area (Å²) < 4.78 is 34.0. The molecule has 0 N–H and O–H groups in total. The van der Waals surface area contributed by atoms with Crippen molar-refractivity contribution in [2.75, 3.05) is 44.2 Å². The molecule has 1 spiro atoms. The third-order valence-electron chi connectivity index (χ3n) is 10.0. The quantitative estimate of drug-likeness (QED) is 0.340. The summed E-state index contributed by atoms with van der Waals surface area (Å²) in [7, 11) is 0. The number of piperidine rings is 1. The summed E-state index contributed by atoms with van der Waals surface area (Å²) >= 11 is 0. The molecular formula is C36H43F2N5O3. The highest BCUT2D eigenvalue weighted by Crippen LogP contribution is 2.41. The standard InChI is InChI=1S/C36H43F2N5O3/c37-36(38)14-11-29(12-15-36)33(44)42-21-16-35(17-22-42)13-6-20-41(32-25-39-18-19-40-32)23-24-43(26-28-7-2-1-3-8-28)34(45)30-9-4-5-10-31(30)46-27-35/h1-5,7-10,18-19,25,29H,6,11-17,20-24,26-27H2. The van der Waals surface area contributed by atoms with Gasteiger partial charge in [0.1, 0.15) is 11.6 Å². The Morgan fingerprint density at radius 1 is 0.870 bits per heavy atom. The number of fused-ring (bicyclic) bond motifs is 1. The van der Waals surface area contributed by atoms with Crippen LogP contribution in [0.3, 0.4) is 0 Å². The highest BCUT2D eigenvalue weighted by molar-refractivity contribution is 5.97. The van der Waals surface area contributed by atoms with Crippen molar-refractivity contribution >= 4 is 17.6 Å². The zero-order valence-corrected chi connectivity index (χ0v) is 26.3. The molecule has 2 aliphatic heterocycles. The highest BCUT2D eigenvalue weighted by Gasteiger charge is 2.42. The largest absolute Gasteiger partial charge is 0.492 e. The molecule has 1 saturated heterocycles. The van der Waals surface area contributed by atoms with Gasteiger partial charge in [0.15, 0.2) is 0 Å². The SMILES string of the molecule is O=C1c2ccccc2OCC2(CCCN(c3cnccn3)CCN1Cc1ccccc1)CCN(C(=O)C1CCC(F)(F)CC1)CC2. The van der Waals surface area contributed by atoms with Crippen LogP contribution in [0.4, 0.5) is 14.6 Å². The molecule has 2 aromatic carbocycles. The van der Waals surface area contributed by atoms with Crippen LogP contribution in [0, 0.1) is 11.3 Å². The maximum atomic E-state index is 14.2. The minimum absolute atomic E-state index is 0.0131. The van der Waals surface area contributed by atoms with E-state index < -0.39 is 5.92 Å². The zero-order valence-electron chi connectivity index (χ0n) is 26.3. The molecular weight excluding hydrogens is 588 g/mol. The molecule has 0 unspecified atom stereocenters. The predicted octanol–water partition coefficient (Wildman–Crippen LogP) is 6.23. The van der Waals surface area contributed by atoms with E-state index in [0.717, 1.165) is 43.6 Å². The molecule has 8 nitrogen and oxygen atoms in total. The number of anilines is 1. The molecule has 2 amide bonds. The van der Waals surface area contributed by atoms with Crippen molar-refractivity contribution in [2.45, 2.75) is 63.8 Å². The number of likely N-dealkylation sites (tertiary alicyclic amines) is 1. The van der Waals surface area contributed by atoms with Crippen molar-refractivity contribution in [3.63, 3.8) is 0 Å². The van der Waals surface area contributed by atoms with Gasteiger partial charge in [-0.15, -0.1) is 0 Å². The molecule has 0 bridgehead atoms. The van der Waals surface area contributed by atoms with Crippen molar-refractivity contribution in [2.24, 2.45) is 11.3 Å². The number of alkyl halides is 2. The van der Waals surface area contributed by atoms with E-state index in [0.29, 0.717) is 50.6 Å². The molecule has 1 aliphatic carbocycles. The molecule has 0 radical (unpaired) electrons. The van der Waals surface area contributed by atoms with Gasteiger partial charge >= 0.3 is 0 Å². The second kappa shape index (κ2) is 14.1. The van der Waals surface area contributed by atoms with Crippen molar-refractivity contribution in [3.05, 3.63) is 84.3 Å². The maximum Gasteiger partial charge on any atom is 0.257 e. The van der Waals surface area contributed by atoms with Crippen LogP contribution < -0.4 is 9.64 Å². The Kier molecular flexibility index (Phi) is 9.80. The Balaban J connectivity index is 1.23. The molecule has 1 aromatic heterocycles. The summed E-state index contributed by atoms with van der Waals surface area (Å²) in [5.41, 5.74) is 1.38. The van der Waals surface area contributed by atoms with E-state index >= 15 is 0 Å². The number of carbonyl (C=O) groups excluding carboxylic acids is 2. The molecule has 2 fully saturated rings. The number of para-hydroxylation sites is 1. The van der Waals surface area contributed by atoms with Crippen molar-refractivity contribution in [3.8, 4) is 5.75 Å². The first-order valence-corrected chi connectivity index (χ1v) is 16.5. The number of hydrogen-bond acceptors (Lipinski definition) is 6. The van der Waals surface area contributed by atoms with Crippen LogP contribution in [0.5, 0.6) is 5.75 Å². The summed E-state index contributed by atoms with van der Waals surface area (Å²) in [4.78, 5) is 42.3. The fraction of sp³-hybridized carbons (Fsp3) is 0.500. The number of nitrogens with zero attached hydrogens (tertiary/aromatic N) is 5. The second-order valence-electron chi connectivity index (χ2n) is 13.1. The first-order valence-electron chi connectivity index (χ1n) is 16.5. The number of rotatable bonds is 4. The molecule has 3 aromatic rings. The topological polar surface area (TPSA) is 78.9 Å². The van der Waals surface area contributed by atoms with Gasteiger partial charge in [-0.1, -0.05) is 42.5 Å². The zero-order chi connectivity index (χ0) is 32.0. The summed E-state index contributed by atoms with van der Waals surface area (Å²) in [6, 6.07) is 17.4. The van der Waals surface area contributed by atoms with Gasteiger partial charge in [-0.2, -0.15) is 0 Å². The average molecular weight is 632 g/mol. The molecule has 3 aliphatic rings. The van der Waals surface area contributed by atoms with Gasteiger partial charge in [-0.3, -0.25) is 14.6 Å². The second-order valence-corrected chi connectivity index (χ2v) is 13.1. The van der Waals surface area contributed by atoms with Gasteiger partial charge in [0, 0.05) is 75.8 Å².